The number of halogens is 1. The van der Waals surface area contributed by atoms with E-state index in [1.165, 1.54) is 44.9 Å². The molecule has 0 saturated carbocycles. The number of hydrogen-bond donors (Lipinski definition) is 1. The minimum atomic E-state index is 0.101. The SMILES string of the molecule is COCNC(=O)CCCCCCCCCCBr. The Balaban J connectivity index is 3.05. The van der Waals surface area contributed by atoms with Gasteiger partial charge in [-0.2, -0.15) is 0 Å². The number of amides is 1. The van der Waals surface area contributed by atoms with Crippen molar-refractivity contribution in [2.75, 3.05) is 19.2 Å². The Labute approximate surface area is 114 Å². The molecule has 17 heavy (non-hydrogen) atoms. The summed E-state index contributed by atoms with van der Waals surface area (Å²) in [6.45, 7) is 0.326. The fourth-order valence-electron chi connectivity index (χ4n) is 1.68. The number of alkyl halides is 1. The Morgan fingerprint density at radius 3 is 2.06 bits per heavy atom. The highest BCUT2D eigenvalue weighted by Gasteiger charge is 1.99. The molecule has 0 spiro atoms. The summed E-state index contributed by atoms with van der Waals surface area (Å²) in [6.07, 6.45) is 10.7. The molecule has 0 aliphatic heterocycles. The lowest BCUT2D eigenvalue weighted by Gasteiger charge is -2.03. The summed E-state index contributed by atoms with van der Waals surface area (Å²) in [5.41, 5.74) is 0. The summed E-state index contributed by atoms with van der Waals surface area (Å²) in [7, 11) is 1.58. The van der Waals surface area contributed by atoms with Gasteiger partial charge in [0.05, 0.1) is 0 Å². The van der Waals surface area contributed by atoms with Crippen LogP contribution in [0.5, 0.6) is 0 Å². The highest BCUT2D eigenvalue weighted by Crippen LogP contribution is 2.10. The number of nitrogens with one attached hydrogen (secondary N) is 1. The lowest BCUT2D eigenvalue weighted by Crippen LogP contribution is -2.24. The number of carbonyl (C=O) groups is 1. The van der Waals surface area contributed by atoms with E-state index in [0.29, 0.717) is 13.2 Å². The molecule has 0 saturated heterocycles. The predicted octanol–water partition coefficient (Wildman–Crippen LogP) is 3.61. The molecule has 0 heterocycles. The quantitative estimate of drug-likeness (QED) is 0.340. The number of methoxy groups -OCH3 is 1. The Hall–Kier alpha value is -0.0900. The molecule has 0 fully saturated rings. The van der Waals surface area contributed by atoms with Crippen LogP contribution in [0.25, 0.3) is 0 Å². The molecule has 1 amide bonds. The Kier molecular flexibility index (Phi) is 13.9. The maximum Gasteiger partial charge on any atom is 0.221 e. The number of rotatable bonds is 12. The zero-order valence-corrected chi connectivity index (χ0v) is 12.6. The van der Waals surface area contributed by atoms with Crippen LogP contribution >= 0.6 is 15.9 Å². The van der Waals surface area contributed by atoms with E-state index >= 15 is 0 Å². The van der Waals surface area contributed by atoms with Crippen molar-refractivity contribution >= 4 is 21.8 Å². The van der Waals surface area contributed by atoms with Crippen molar-refractivity contribution in [1.29, 1.82) is 0 Å². The molecule has 0 aromatic rings. The van der Waals surface area contributed by atoms with E-state index in [1.54, 1.807) is 7.11 Å². The minimum Gasteiger partial charge on any atom is -0.364 e. The van der Waals surface area contributed by atoms with Gasteiger partial charge in [-0.1, -0.05) is 54.5 Å². The predicted molar refractivity (Wildman–Crippen MR) is 75.4 cm³/mol. The second kappa shape index (κ2) is 14.0. The van der Waals surface area contributed by atoms with E-state index < -0.39 is 0 Å². The van der Waals surface area contributed by atoms with Crippen LogP contribution in [0.2, 0.25) is 0 Å². The van der Waals surface area contributed by atoms with Crippen molar-refractivity contribution in [3.8, 4) is 0 Å². The number of carbonyl (C=O) groups excluding carboxylic acids is 1. The maximum atomic E-state index is 11.2. The standard InChI is InChI=1S/C13H26BrNO2/c1-17-12-15-13(16)10-8-6-4-2-3-5-7-9-11-14/h2-12H2,1H3,(H,15,16). The lowest BCUT2D eigenvalue weighted by atomic mass is 10.1. The maximum absolute atomic E-state index is 11.2. The van der Waals surface area contributed by atoms with Crippen LogP contribution in [0.1, 0.15) is 57.8 Å². The summed E-state index contributed by atoms with van der Waals surface area (Å²) in [4.78, 5) is 11.2. The van der Waals surface area contributed by atoms with Gasteiger partial charge in [0, 0.05) is 18.9 Å². The van der Waals surface area contributed by atoms with Gasteiger partial charge in [0.25, 0.3) is 0 Å². The molecule has 0 rings (SSSR count). The molecule has 0 bridgehead atoms. The first-order valence-electron chi connectivity index (χ1n) is 6.63. The third-order valence-corrected chi connectivity index (χ3v) is 3.26. The molecular formula is C13H26BrNO2. The Morgan fingerprint density at radius 2 is 1.53 bits per heavy atom. The van der Waals surface area contributed by atoms with Crippen molar-refractivity contribution < 1.29 is 9.53 Å². The van der Waals surface area contributed by atoms with Crippen molar-refractivity contribution in [3.05, 3.63) is 0 Å². The van der Waals surface area contributed by atoms with Gasteiger partial charge in [0.15, 0.2) is 0 Å². The fourth-order valence-corrected chi connectivity index (χ4v) is 2.08. The normalized spacial score (nSPS) is 10.5. The average Bonchev–Trinajstić information content (AvgIpc) is 2.34. The highest BCUT2D eigenvalue weighted by molar-refractivity contribution is 9.09. The van der Waals surface area contributed by atoms with Gasteiger partial charge in [-0.3, -0.25) is 4.79 Å². The summed E-state index contributed by atoms with van der Waals surface area (Å²) >= 11 is 3.44. The zero-order chi connectivity index (χ0) is 12.8. The molecule has 0 radical (unpaired) electrons. The minimum absolute atomic E-state index is 0.101. The monoisotopic (exact) mass is 307 g/mol. The molecule has 4 heteroatoms. The van der Waals surface area contributed by atoms with Gasteiger partial charge < -0.3 is 10.1 Å². The summed E-state index contributed by atoms with van der Waals surface area (Å²) < 4.78 is 4.77. The smallest absolute Gasteiger partial charge is 0.221 e. The fraction of sp³-hybridized carbons (Fsp3) is 0.923. The van der Waals surface area contributed by atoms with E-state index in [4.69, 9.17) is 4.74 Å². The number of ether oxygens (including phenoxy) is 1. The number of unbranched alkanes of at least 4 members (excludes halogenated alkanes) is 7. The molecule has 0 aromatic carbocycles. The van der Waals surface area contributed by atoms with Gasteiger partial charge in [-0.05, 0) is 12.8 Å². The van der Waals surface area contributed by atoms with Gasteiger partial charge in [-0.25, -0.2) is 0 Å². The van der Waals surface area contributed by atoms with Crippen LogP contribution in [0.15, 0.2) is 0 Å². The molecular weight excluding hydrogens is 282 g/mol. The second-order valence-electron chi connectivity index (χ2n) is 4.30. The first-order valence-corrected chi connectivity index (χ1v) is 7.75. The van der Waals surface area contributed by atoms with Gasteiger partial charge >= 0.3 is 0 Å². The molecule has 102 valence electrons. The van der Waals surface area contributed by atoms with E-state index in [2.05, 4.69) is 21.2 Å². The van der Waals surface area contributed by atoms with E-state index in [0.717, 1.165) is 11.8 Å². The topological polar surface area (TPSA) is 38.3 Å². The first-order chi connectivity index (χ1) is 8.31. The Bertz CT molecular complexity index is 177. The van der Waals surface area contributed by atoms with Crippen LogP contribution in [0.3, 0.4) is 0 Å². The molecule has 0 aliphatic rings. The van der Waals surface area contributed by atoms with Gasteiger partial charge in [-0.15, -0.1) is 0 Å². The largest absolute Gasteiger partial charge is 0.364 e. The molecule has 0 aliphatic carbocycles. The van der Waals surface area contributed by atoms with E-state index in [9.17, 15) is 4.79 Å². The summed E-state index contributed by atoms with van der Waals surface area (Å²) in [6, 6.07) is 0. The van der Waals surface area contributed by atoms with Crippen molar-refractivity contribution in [1.82, 2.24) is 5.32 Å². The van der Waals surface area contributed by atoms with Gasteiger partial charge in [0.1, 0.15) is 6.73 Å². The van der Waals surface area contributed by atoms with Crippen molar-refractivity contribution in [2.24, 2.45) is 0 Å². The summed E-state index contributed by atoms with van der Waals surface area (Å²) in [5, 5.41) is 3.82. The lowest BCUT2D eigenvalue weighted by molar-refractivity contribution is -0.122. The van der Waals surface area contributed by atoms with Gasteiger partial charge in [0.2, 0.25) is 5.91 Å². The average molecular weight is 308 g/mol. The number of hydrogen-bond acceptors (Lipinski definition) is 2. The van der Waals surface area contributed by atoms with Crippen LogP contribution in [0.4, 0.5) is 0 Å². The summed E-state index contributed by atoms with van der Waals surface area (Å²) in [5.74, 6) is 0.101. The molecule has 0 atom stereocenters. The van der Waals surface area contributed by atoms with Crippen LogP contribution in [0, 0.1) is 0 Å². The van der Waals surface area contributed by atoms with Crippen LogP contribution in [-0.2, 0) is 9.53 Å². The van der Waals surface area contributed by atoms with E-state index in [1.807, 2.05) is 0 Å². The van der Waals surface area contributed by atoms with Crippen molar-refractivity contribution in [3.63, 3.8) is 0 Å². The first kappa shape index (κ1) is 16.9. The van der Waals surface area contributed by atoms with Crippen LogP contribution in [-0.4, -0.2) is 25.1 Å². The Morgan fingerprint density at radius 1 is 1.00 bits per heavy atom. The highest BCUT2D eigenvalue weighted by atomic mass is 79.9. The molecule has 0 unspecified atom stereocenters. The molecule has 1 N–H and O–H groups in total. The third kappa shape index (κ3) is 13.8. The van der Waals surface area contributed by atoms with E-state index in [-0.39, 0.29) is 5.91 Å². The molecule has 3 nitrogen and oxygen atoms in total. The zero-order valence-electron chi connectivity index (χ0n) is 11.0. The second-order valence-corrected chi connectivity index (χ2v) is 5.09. The third-order valence-electron chi connectivity index (χ3n) is 2.70. The van der Waals surface area contributed by atoms with Crippen molar-refractivity contribution in [2.45, 2.75) is 57.8 Å². The molecule has 0 aromatic heterocycles. The van der Waals surface area contributed by atoms with Crippen LogP contribution < -0.4 is 5.32 Å².